The van der Waals surface area contributed by atoms with E-state index >= 15 is 0 Å². The van der Waals surface area contributed by atoms with Crippen molar-refractivity contribution in [2.24, 2.45) is 0 Å². The Morgan fingerprint density at radius 3 is 2.48 bits per heavy atom. The van der Waals surface area contributed by atoms with Crippen LogP contribution < -0.4 is 10.1 Å². The van der Waals surface area contributed by atoms with Crippen LogP contribution in [-0.4, -0.2) is 42.8 Å². The minimum atomic E-state index is -1.09. The van der Waals surface area contributed by atoms with Crippen molar-refractivity contribution in [3.63, 3.8) is 0 Å². The Morgan fingerprint density at radius 2 is 1.84 bits per heavy atom. The zero-order valence-corrected chi connectivity index (χ0v) is 14.5. The van der Waals surface area contributed by atoms with Gasteiger partial charge in [-0.05, 0) is 43.2 Å². The molecule has 0 bridgehead atoms. The van der Waals surface area contributed by atoms with E-state index in [9.17, 15) is 14.7 Å². The highest BCUT2D eigenvalue weighted by Crippen LogP contribution is 2.26. The number of ether oxygens (including phenoxy) is 2. The molecule has 0 radical (unpaired) electrons. The van der Waals surface area contributed by atoms with Gasteiger partial charge in [-0.1, -0.05) is 24.3 Å². The lowest BCUT2D eigenvalue weighted by molar-refractivity contribution is -0.123. The minimum absolute atomic E-state index is 0.0387. The van der Waals surface area contributed by atoms with Crippen LogP contribution in [0.25, 0.3) is 10.8 Å². The Balaban J connectivity index is 1.92. The van der Waals surface area contributed by atoms with Gasteiger partial charge in [-0.2, -0.15) is 0 Å². The Hall–Kier alpha value is -2.60. The predicted octanol–water partition coefficient (Wildman–Crippen LogP) is 2.85. The lowest BCUT2D eigenvalue weighted by Gasteiger charge is -2.11. The second-order valence-corrected chi connectivity index (χ2v) is 5.91. The van der Waals surface area contributed by atoms with E-state index in [4.69, 9.17) is 9.47 Å². The molecule has 6 nitrogen and oxygen atoms in total. The Kier molecular flexibility index (Phi) is 6.77. The van der Waals surface area contributed by atoms with Crippen LogP contribution >= 0.6 is 0 Å². The van der Waals surface area contributed by atoms with E-state index in [2.05, 4.69) is 5.32 Å². The number of nitrogens with one attached hydrogen (secondary N) is 1. The zero-order valence-electron chi connectivity index (χ0n) is 14.5. The first-order chi connectivity index (χ1) is 12.0. The molecule has 0 saturated carbocycles. The van der Waals surface area contributed by atoms with E-state index in [0.29, 0.717) is 19.6 Å². The average Bonchev–Trinajstić information content (AvgIpc) is 2.58. The Bertz CT molecular complexity index is 742. The highest BCUT2D eigenvalue weighted by atomic mass is 16.5. The smallest absolute Gasteiger partial charge is 0.339 e. The summed E-state index contributed by atoms with van der Waals surface area (Å²) in [5.41, 5.74) is 0.0387. The van der Waals surface area contributed by atoms with Gasteiger partial charge in [0, 0.05) is 13.2 Å². The van der Waals surface area contributed by atoms with Crippen LogP contribution in [0, 0.1) is 0 Å². The predicted molar refractivity (Wildman–Crippen MR) is 95.1 cm³/mol. The van der Waals surface area contributed by atoms with Gasteiger partial charge in [0.05, 0.1) is 6.10 Å². The van der Waals surface area contributed by atoms with E-state index in [0.717, 1.165) is 10.8 Å². The third-order valence-corrected chi connectivity index (χ3v) is 3.53. The number of carboxylic acid groups (broad SMARTS) is 1. The summed E-state index contributed by atoms with van der Waals surface area (Å²) in [6.45, 7) is 4.74. The fourth-order valence-corrected chi connectivity index (χ4v) is 2.32. The summed E-state index contributed by atoms with van der Waals surface area (Å²) in [6.07, 6.45) is 0.877. The van der Waals surface area contributed by atoms with E-state index in [-0.39, 0.29) is 29.9 Å². The molecule has 0 heterocycles. The molecular formula is C19H23NO5. The average molecular weight is 345 g/mol. The topological polar surface area (TPSA) is 84.9 Å². The second kappa shape index (κ2) is 9.03. The van der Waals surface area contributed by atoms with Crippen molar-refractivity contribution in [3.05, 3.63) is 42.0 Å². The van der Waals surface area contributed by atoms with Crippen LogP contribution in [0.2, 0.25) is 0 Å². The van der Waals surface area contributed by atoms with Crippen molar-refractivity contribution in [3.8, 4) is 5.75 Å². The molecule has 0 aliphatic heterocycles. The zero-order chi connectivity index (χ0) is 18.2. The summed E-state index contributed by atoms with van der Waals surface area (Å²) in [5.74, 6) is -1.20. The van der Waals surface area contributed by atoms with E-state index in [1.165, 1.54) is 0 Å². The maximum atomic E-state index is 11.8. The molecular weight excluding hydrogens is 322 g/mol. The van der Waals surface area contributed by atoms with Crippen LogP contribution in [0.4, 0.5) is 0 Å². The molecule has 1 amide bonds. The minimum Gasteiger partial charge on any atom is -0.483 e. The molecule has 0 spiro atoms. The number of carbonyl (C=O) groups excluding carboxylic acids is 1. The molecule has 0 aliphatic rings. The largest absolute Gasteiger partial charge is 0.483 e. The monoisotopic (exact) mass is 345 g/mol. The number of hydrogen-bond acceptors (Lipinski definition) is 4. The Labute approximate surface area is 146 Å². The molecule has 2 N–H and O–H groups in total. The van der Waals surface area contributed by atoms with Gasteiger partial charge in [-0.15, -0.1) is 0 Å². The third-order valence-electron chi connectivity index (χ3n) is 3.53. The number of fused-ring (bicyclic) bond motifs is 1. The fourth-order valence-electron chi connectivity index (χ4n) is 2.32. The number of carboxylic acids is 1. The molecule has 25 heavy (non-hydrogen) atoms. The van der Waals surface area contributed by atoms with Gasteiger partial charge >= 0.3 is 5.97 Å². The van der Waals surface area contributed by atoms with Crippen molar-refractivity contribution in [2.45, 2.75) is 26.4 Å². The standard InChI is InChI=1S/C19H23NO5/c1-13(2)24-9-5-8-20-18(21)12-25-17-11-15-7-4-3-6-14(15)10-16(17)19(22)23/h3-4,6-7,10-11,13H,5,8-9,12H2,1-2H3,(H,20,21)(H,22,23). The quantitative estimate of drug-likeness (QED) is 0.683. The number of hydrogen-bond donors (Lipinski definition) is 2. The SMILES string of the molecule is CC(C)OCCCNC(=O)COc1cc2ccccc2cc1C(=O)O. The molecule has 2 aromatic rings. The molecule has 2 aromatic carbocycles. The van der Waals surface area contributed by atoms with Gasteiger partial charge < -0.3 is 19.9 Å². The molecule has 2 rings (SSSR count). The summed E-state index contributed by atoms with van der Waals surface area (Å²) in [5, 5.41) is 13.7. The highest BCUT2D eigenvalue weighted by molar-refractivity contribution is 5.97. The molecule has 134 valence electrons. The van der Waals surface area contributed by atoms with Gasteiger partial charge in [0.15, 0.2) is 6.61 Å². The van der Waals surface area contributed by atoms with Crippen molar-refractivity contribution in [1.82, 2.24) is 5.32 Å². The summed E-state index contributed by atoms with van der Waals surface area (Å²) in [6, 6.07) is 10.6. The Morgan fingerprint density at radius 1 is 1.16 bits per heavy atom. The number of rotatable bonds is 9. The number of aromatic carboxylic acids is 1. The normalized spacial score (nSPS) is 10.8. The highest BCUT2D eigenvalue weighted by Gasteiger charge is 2.14. The molecule has 0 atom stereocenters. The van der Waals surface area contributed by atoms with Crippen LogP contribution in [0.5, 0.6) is 5.75 Å². The molecule has 6 heteroatoms. The summed E-state index contributed by atoms with van der Waals surface area (Å²) >= 11 is 0. The molecule has 0 saturated heterocycles. The van der Waals surface area contributed by atoms with Crippen molar-refractivity contribution >= 4 is 22.6 Å². The summed E-state index contributed by atoms with van der Waals surface area (Å²) < 4.78 is 10.8. The molecule has 0 aromatic heterocycles. The maximum absolute atomic E-state index is 11.8. The van der Waals surface area contributed by atoms with Gasteiger partial charge in [0.2, 0.25) is 0 Å². The van der Waals surface area contributed by atoms with Crippen LogP contribution in [0.15, 0.2) is 36.4 Å². The lowest BCUT2D eigenvalue weighted by atomic mass is 10.1. The lowest BCUT2D eigenvalue weighted by Crippen LogP contribution is -2.30. The van der Waals surface area contributed by atoms with Gasteiger partial charge in [-0.25, -0.2) is 4.79 Å². The number of benzene rings is 2. The van der Waals surface area contributed by atoms with Gasteiger partial charge in [-0.3, -0.25) is 4.79 Å². The summed E-state index contributed by atoms with van der Waals surface area (Å²) in [7, 11) is 0. The van der Waals surface area contributed by atoms with Crippen LogP contribution in [0.3, 0.4) is 0 Å². The van der Waals surface area contributed by atoms with Crippen LogP contribution in [-0.2, 0) is 9.53 Å². The van der Waals surface area contributed by atoms with Crippen LogP contribution in [0.1, 0.15) is 30.6 Å². The van der Waals surface area contributed by atoms with Crippen molar-refractivity contribution < 1.29 is 24.2 Å². The van der Waals surface area contributed by atoms with E-state index in [1.807, 2.05) is 38.1 Å². The van der Waals surface area contributed by atoms with Gasteiger partial charge in [0.1, 0.15) is 11.3 Å². The fraction of sp³-hybridized carbons (Fsp3) is 0.368. The second-order valence-electron chi connectivity index (χ2n) is 5.91. The molecule has 0 aliphatic carbocycles. The van der Waals surface area contributed by atoms with Crippen molar-refractivity contribution in [1.29, 1.82) is 0 Å². The first kappa shape index (κ1) is 18.7. The molecule has 0 unspecified atom stereocenters. The number of carbonyl (C=O) groups is 2. The number of amides is 1. The molecule has 0 fully saturated rings. The van der Waals surface area contributed by atoms with Crippen molar-refractivity contribution in [2.75, 3.05) is 19.8 Å². The summed E-state index contributed by atoms with van der Waals surface area (Å²) in [4.78, 5) is 23.2. The maximum Gasteiger partial charge on any atom is 0.339 e. The van der Waals surface area contributed by atoms with E-state index in [1.54, 1.807) is 12.1 Å². The van der Waals surface area contributed by atoms with Gasteiger partial charge in [0.25, 0.3) is 5.91 Å². The first-order valence-corrected chi connectivity index (χ1v) is 8.24. The third kappa shape index (κ3) is 5.76. The van der Waals surface area contributed by atoms with E-state index < -0.39 is 5.97 Å². The first-order valence-electron chi connectivity index (χ1n) is 8.24.